The van der Waals surface area contributed by atoms with Crippen molar-refractivity contribution in [1.29, 1.82) is 0 Å². The van der Waals surface area contributed by atoms with Gasteiger partial charge in [0.2, 0.25) is 0 Å². The quantitative estimate of drug-likeness (QED) is 0.0519. The Kier molecular flexibility index (Phi) is 16.3. The average molecular weight is 809 g/mol. The van der Waals surface area contributed by atoms with Gasteiger partial charge in [-0.15, -0.1) is 6.58 Å². The fourth-order valence-corrected chi connectivity index (χ4v) is 7.02. The molecule has 5 rings (SSSR count). The molecule has 59 heavy (non-hydrogen) atoms. The van der Waals surface area contributed by atoms with Gasteiger partial charge >= 0.3 is 23.9 Å². The lowest BCUT2D eigenvalue weighted by atomic mass is 9.90. The molecule has 0 fully saturated rings. The van der Waals surface area contributed by atoms with Crippen molar-refractivity contribution >= 4 is 23.9 Å². The Balaban J connectivity index is 1.78. The second-order valence-corrected chi connectivity index (χ2v) is 13.5. The minimum Gasteiger partial charge on any atom is -0.481 e. The Morgan fingerprint density at radius 1 is 0.458 bits per heavy atom. The number of para-hydroxylation sites is 3. The van der Waals surface area contributed by atoms with Gasteiger partial charge < -0.3 is 37.9 Å². The summed E-state index contributed by atoms with van der Waals surface area (Å²) in [6, 6.07) is 21.3. The number of hydrogen-bond acceptors (Lipinski definition) is 12. The smallest absolute Gasteiger partial charge is 0.344 e. The third-order valence-electron chi connectivity index (χ3n) is 9.30. The molecule has 0 unspecified atom stereocenters. The maximum Gasteiger partial charge on any atom is 0.344 e. The Morgan fingerprint density at radius 2 is 0.712 bits per heavy atom. The molecule has 12 heteroatoms. The first-order valence-corrected chi connectivity index (χ1v) is 19.9. The Morgan fingerprint density at radius 3 is 0.966 bits per heavy atom. The van der Waals surface area contributed by atoms with Gasteiger partial charge in [0.25, 0.3) is 0 Å². The van der Waals surface area contributed by atoms with Crippen LogP contribution in [0, 0.1) is 0 Å². The SMILES string of the molecule is C=CCc1cc2c(OCC(=O)OCC)c(c1)Cc1cccc(c1OCC(=O)OCC)Cc1cccc(c1OCC(=O)OCC)Cc1cccc(c1OCC(=O)OCC)C2. The van der Waals surface area contributed by atoms with Gasteiger partial charge in [-0.05, 0) is 84.2 Å². The molecule has 312 valence electrons. The van der Waals surface area contributed by atoms with Gasteiger partial charge in [-0.3, -0.25) is 0 Å². The van der Waals surface area contributed by atoms with Crippen molar-refractivity contribution in [3.63, 3.8) is 0 Å². The Labute approximate surface area is 345 Å². The van der Waals surface area contributed by atoms with Crippen LogP contribution < -0.4 is 18.9 Å². The van der Waals surface area contributed by atoms with E-state index in [2.05, 4.69) is 6.58 Å². The summed E-state index contributed by atoms with van der Waals surface area (Å²) in [5.41, 5.74) is 6.91. The second-order valence-electron chi connectivity index (χ2n) is 13.5. The van der Waals surface area contributed by atoms with E-state index in [0.29, 0.717) is 29.4 Å². The Bertz CT molecular complexity index is 2000. The lowest BCUT2D eigenvalue weighted by molar-refractivity contribution is -0.146. The van der Waals surface area contributed by atoms with Gasteiger partial charge in [-0.2, -0.15) is 0 Å². The first-order valence-electron chi connectivity index (χ1n) is 19.9. The minimum absolute atomic E-state index is 0.194. The summed E-state index contributed by atoms with van der Waals surface area (Å²) in [4.78, 5) is 50.8. The van der Waals surface area contributed by atoms with E-state index in [1.807, 2.05) is 72.8 Å². The molecule has 0 spiro atoms. The number of esters is 4. The largest absolute Gasteiger partial charge is 0.481 e. The van der Waals surface area contributed by atoms with Crippen LogP contribution in [0.5, 0.6) is 23.0 Å². The van der Waals surface area contributed by atoms with Crippen molar-refractivity contribution < 1.29 is 57.1 Å². The zero-order valence-corrected chi connectivity index (χ0v) is 34.2. The summed E-state index contributed by atoms with van der Waals surface area (Å²) in [7, 11) is 0. The van der Waals surface area contributed by atoms with E-state index in [1.54, 1.807) is 27.7 Å². The molecule has 0 aliphatic heterocycles. The van der Waals surface area contributed by atoms with Crippen LogP contribution in [0.15, 0.2) is 79.4 Å². The second kappa shape index (κ2) is 22.0. The minimum atomic E-state index is -0.523. The molecule has 1 aliphatic rings. The predicted molar refractivity (Wildman–Crippen MR) is 219 cm³/mol. The molecule has 0 saturated carbocycles. The molecule has 12 nitrogen and oxygen atoms in total. The normalized spacial score (nSPS) is 11.7. The highest BCUT2D eigenvalue weighted by Crippen LogP contribution is 2.39. The summed E-state index contributed by atoms with van der Waals surface area (Å²) in [5, 5.41) is 0. The number of rotatable bonds is 18. The highest BCUT2D eigenvalue weighted by Gasteiger charge is 2.24. The number of fused-ring (bicyclic) bond motifs is 8. The first-order chi connectivity index (χ1) is 28.7. The molecule has 0 N–H and O–H groups in total. The lowest BCUT2D eigenvalue weighted by Crippen LogP contribution is -2.18. The molecule has 0 heterocycles. The van der Waals surface area contributed by atoms with E-state index in [1.165, 1.54) is 0 Å². The van der Waals surface area contributed by atoms with Crippen LogP contribution in [0.4, 0.5) is 0 Å². The fourth-order valence-electron chi connectivity index (χ4n) is 7.02. The molecule has 0 atom stereocenters. The summed E-state index contributed by atoms with van der Waals surface area (Å²) >= 11 is 0. The summed E-state index contributed by atoms with van der Waals surface area (Å²) in [6.07, 6.45) is 3.49. The maximum atomic E-state index is 12.7. The van der Waals surface area contributed by atoms with Crippen LogP contribution in [-0.4, -0.2) is 76.7 Å². The van der Waals surface area contributed by atoms with Crippen molar-refractivity contribution in [3.8, 4) is 23.0 Å². The van der Waals surface area contributed by atoms with E-state index >= 15 is 0 Å². The number of benzene rings is 4. The molecule has 8 bridgehead atoms. The lowest BCUT2D eigenvalue weighted by Gasteiger charge is -2.23. The van der Waals surface area contributed by atoms with Gasteiger partial charge in [0.1, 0.15) is 23.0 Å². The number of allylic oxidation sites excluding steroid dienone is 1. The molecule has 4 aromatic rings. The standard InChI is InChI=1S/C47H52O12/c1-6-14-31-21-38-25-36-19-12-17-34(45(36)57-28-41(49)53-8-3)23-32-15-11-16-33(44(32)56-27-40(48)52-7-2)24-35-18-13-20-37(46(35)58-29-42(50)54-9-4)26-39(22-31)47(38)59-30-43(51)55-10-5/h6,11-13,15-22H,1,7-10,14,23-30H2,2-5H3. The van der Waals surface area contributed by atoms with Crippen LogP contribution in [0.1, 0.15) is 77.8 Å². The van der Waals surface area contributed by atoms with E-state index in [-0.39, 0.29) is 78.5 Å². The molecule has 1 aliphatic carbocycles. The van der Waals surface area contributed by atoms with E-state index in [0.717, 1.165) is 50.1 Å². The summed E-state index contributed by atoms with van der Waals surface area (Å²) in [6.45, 7) is 10.4. The molecule has 0 amide bonds. The molecule has 0 aromatic heterocycles. The molecule has 4 aromatic carbocycles. The molecule has 0 saturated heterocycles. The number of carbonyl (C=O) groups is 4. The summed E-state index contributed by atoms with van der Waals surface area (Å²) in [5.74, 6) is -0.189. The summed E-state index contributed by atoms with van der Waals surface area (Å²) < 4.78 is 46.2. The van der Waals surface area contributed by atoms with E-state index in [4.69, 9.17) is 37.9 Å². The van der Waals surface area contributed by atoms with Crippen LogP contribution in [0.25, 0.3) is 0 Å². The maximum absolute atomic E-state index is 12.7. The third kappa shape index (κ3) is 12.1. The van der Waals surface area contributed by atoms with Crippen molar-refractivity contribution in [2.45, 2.75) is 59.8 Å². The van der Waals surface area contributed by atoms with Gasteiger partial charge in [0.05, 0.1) is 26.4 Å². The first kappa shape index (κ1) is 43.8. The van der Waals surface area contributed by atoms with Gasteiger partial charge in [-0.25, -0.2) is 19.2 Å². The topological polar surface area (TPSA) is 142 Å². The van der Waals surface area contributed by atoms with Crippen molar-refractivity contribution in [3.05, 3.63) is 129 Å². The van der Waals surface area contributed by atoms with Crippen LogP contribution >= 0.6 is 0 Å². The fraction of sp³-hybridized carbons (Fsp3) is 0.362. The Hall–Kier alpha value is -6.30. The monoisotopic (exact) mass is 808 g/mol. The van der Waals surface area contributed by atoms with Crippen molar-refractivity contribution in [2.75, 3.05) is 52.9 Å². The zero-order chi connectivity index (χ0) is 42.1. The highest BCUT2D eigenvalue weighted by atomic mass is 16.6. The number of ether oxygens (including phenoxy) is 8. The van der Waals surface area contributed by atoms with Crippen molar-refractivity contribution in [1.82, 2.24) is 0 Å². The van der Waals surface area contributed by atoms with E-state index < -0.39 is 23.9 Å². The molecular weight excluding hydrogens is 757 g/mol. The number of hydrogen-bond donors (Lipinski definition) is 0. The van der Waals surface area contributed by atoms with Gasteiger partial charge in [-0.1, -0.05) is 72.8 Å². The average Bonchev–Trinajstić information content (AvgIpc) is 3.20. The van der Waals surface area contributed by atoms with Crippen molar-refractivity contribution in [2.24, 2.45) is 0 Å². The van der Waals surface area contributed by atoms with Crippen LogP contribution in [0.2, 0.25) is 0 Å². The number of carbonyl (C=O) groups excluding carboxylic acids is 4. The highest BCUT2D eigenvalue weighted by molar-refractivity contribution is 5.73. The van der Waals surface area contributed by atoms with Gasteiger partial charge in [0.15, 0.2) is 26.4 Å². The van der Waals surface area contributed by atoms with E-state index in [9.17, 15) is 19.2 Å². The van der Waals surface area contributed by atoms with Crippen LogP contribution in [-0.2, 0) is 70.2 Å². The van der Waals surface area contributed by atoms with Gasteiger partial charge in [0, 0.05) is 25.7 Å². The zero-order valence-electron chi connectivity index (χ0n) is 34.2. The van der Waals surface area contributed by atoms with Crippen LogP contribution in [0.3, 0.4) is 0 Å². The predicted octanol–water partition coefficient (Wildman–Crippen LogP) is 6.86. The third-order valence-corrected chi connectivity index (χ3v) is 9.30. The molecule has 0 radical (unpaired) electrons. The molecular formula is C47H52O12.